The summed E-state index contributed by atoms with van der Waals surface area (Å²) in [5.41, 5.74) is 2.33. The minimum atomic E-state index is -0.690. The highest BCUT2D eigenvalue weighted by molar-refractivity contribution is 5.73. The maximum atomic E-state index is 11.2. The smallest absolute Gasteiger partial charge is 0.320 e. The molecule has 1 heterocycles. The molecule has 4 heteroatoms. The van der Waals surface area contributed by atoms with E-state index in [9.17, 15) is 9.90 Å². The van der Waals surface area contributed by atoms with Gasteiger partial charge in [0.25, 0.3) is 0 Å². The van der Waals surface area contributed by atoms with Crippen LogP contribution in [-0.4, -0.2) is 41.7 Å². The third-order valence-electron chi connectivity index (χ3n) is 4.09. The number of carboxylic acids is 1. The molecule has 2 rings (SSSR count). The first-order chi connectivity index (χ1) is 10.1. The number of aliphatic carboxylic acids is 1. The summed E-state index contributed by atoms with van der Waals surface area (Å²) in [6.07, 6.45) is 3.75. The molecule has 1 saturated heterocycles. The summed E-state index contributed by atoms with van der Waals surface area (Å²) in [6, 6.07) is 5.89. The van der Waals surface area contributed by atoms with Crippen LogP contribution in [0.4, 0.5) is 0 Å². The van der Waals surface area contributed by atoms with Gasteiger partial charge in [-0.05, 0) is 56.8 Å². The fourth-order valence-electron chi connectivity index (χ4n) is 2.85. The van der Waals surface area contributed by atoms with Crippen molar-refractivity contribution in [3.8, 4) is 5.75 Å². The molecule has 0 spiro atoms. The third kappa shape index (κ3) is 4.46. The van der Waals surface area contributed by atoms with E-state index in [1.807, 2.05) is 6.92 Å². The number of ether oxygens (including phenoxy) is 1. The second-order valence-electron chi connectivity index (χ2n) is 5.86. The van der Waals surface area contributed by atoms with Crippen molar-refractivity contribution in [2.75, 3.05) is 19.7 Å². The molecule has 1 fully saturated rings. The zero-order valence-electron chi connectivity index (χ0n) is 13.0. The number of carbonyl (C=O) groups is 1. The monoisotopic (exact) mass is 291 g/mol. The third-order valence-corrected chi connectivity index (χ3v) is 4.09. The van der Waals surface area contributed by atoms with Gasteiger partial charge >= 0.3 is 5.97 Å². The number of carboxylic acid groups (broad SMARTS) is 1. The van der Waals surface area contributed by atoms with Crippen LogP contribution in [0.15, 0.2) is 18.2 Å². The highest BCUT2D eigenvalue weighted by atomic mass is 16.5. The number of rotatable bonds is 6. The summed E-state index contributed by atoms with van der Waals surface area (Å²) in [5, 5.41) is 9.24. The second-order valence-corrected chi connectivity index (χ2v) is 5.86. The molecule has 0 amide bonds. The molecule has 1 atom stereocenters. The standard InChI is InChI=1S/C17H25NO3/c1-13-7-8-14(2)16(12-13)21-11-5-10-18-9-4-3-6-15(18)17(19)20/h7-8,12,15H,3-6,9-11H2,1-2H3,(H,19,20). The van der Waals surface area contributed by atoms with E-state index in [1.54, 1.807) is 0 Å². The Hall–Kier alpha value is -1.55. The molecule has 0 saturated carbocycles. The molecule has 21 heavy (non-hydrogen) atoms. The number of aryl methyl sites for hydroxylation is 2. The Morgan fingerprint density at radius 3 is 2.95 bits per heavy atom. The minimum Gasteiger partial charge on any atom is -0.493 e. The van der Waals surface area contributed by atoms with Gasteiger partial charge in [0.1, 0.15) is 11.8 Å². The molecule has 1 aromatic carbocycles. The molecule has 1 aliphatic rings. The average Bonchev–Trinajstić information content (AvgIpc) is 2.47. The Bertz CT molecular complexity index is 487. The van der Waals surface area contributed by atoms with E-state index in [-0.39, 0.29) is 6.04 Å². The summed E-state index contributed by atoms with van der Waals surface area (Å²) < 4.78 is 5.83. The molecule has 4 nitrogen and oxygen atoms in total. The first-order valence-electron chi connectivity index (χ1n) is 7.75. The van der Waals surface area contributed by atoms with Crippen LogP contribution in [0.2, 0.25) is 0 Å². The van der Waals surface area contributed by atoms with Gasteiger partial charge in [-0.15, -0.1) is 0 Å². The fourth-order valence-corrected chi connectivity index (χ4v) is 2.85. The van der Waals surface area contributed by atoms with Crippen LogP contribution in [-0.2, 0) is 4.79 Å². The Kier molecular flexibility index (Phi) is 5.62. The zero-order valence-corrected chi connectivity index (χ0v) is 13.0. The Labute approximate surface area is 126 Å². The van der Waals surface area contributed by atoms with Gasteiger partial charge < -0.3 is 9.84 Å². The van der Waals surface area contributed by atoms with Crippen LogP contribution in [0.5, 0.6) is 5.75 Å². The van der Waals surface area contributed by atoms with Gasteiger partial charge in [-0.1, -0.05) is 18.6 Å². The molecular weight excluding hydrogens is 266 g/mol. The van der Waals surface area contributed by atoms with E-state index in [2.05, 4.69) is 30.0 Å². The molecule has 0 aromatic heterocycles. The van der Waals surface area contributed by atoms with Crippen molar-refractivity contribution < 1.29 is 14.6 Å². The van der Waals surface area contributed by atoms with Crippen molar-refractivity contribution >= 4 is 5.97 Å². The Morgan fingerprint density at radius 1 is 1.38 bits per heavy atom. The van der Waals surface area contributed by atoms with E-state index < -0.39 is 5.97 Å². The van der Waals surface area contributed by atoms with Gasteiger partial charge in [-0.25, -0.2) is 0 Å². The largest absolute Gasteiger partial charge is 0.493 e. The minimum absolute atomic E-state index is 0.306. The predicted octanol–water partition coefficient (Wildman–Crippen LogP) is 3.01. The van der Waals surface area contributed by atoms with Crippen LogP contribution in [0, 0.1) is 13.8 Å². The number of likely N-dealkylation sites (tertiary alicyclic amines) is 1. The Balaban J connectivity index is 1.78. The van der Waals surface area contributed by atoms with Crippen molar-refractivity contribution in [3.05, 3.63) is 29.3 Å². The van der Waals surface area contributed by atoms with E-state index in [0.29, 0.717) is 6.61 Å². The van der Waals surface area contributed by atoms with Crippen LogP contribution in [0.1, 0.15) is 36.8 Å². The van der Waals surface area contributed by atoms with Gasteiger partial charge in [0, 0.05) is 6.54 Å². The van der Waals surface area contributed by atoms with Gasteiger partial charge in [0.05, 0.1) is 6.61 Å². The molecule has 116 valence electrons. The van der Waals surface area contributed by atoms with Crippen LogP contribution < -0.4 is 4.74 Å². The predicted molar refractivity (Wildman–Crippen MR) is 82.9 cm³/mol. The zero-order chi connectivity index (χ0) is 15.2. The lowest BCUT2D eigenvalue weighted by Gasteiger charge is -2.32. The van der Waals surface area contributed by atoms with Gasteiger partial charge in [-0.3, -0.25) is 9.69 Å². The van der Waals surface area contributed by atoms with Gasteiger partial charge in [0.2, 0.25) is 0 Å². The SMILES string of the molecule is Cc1ccc(C)c(OCCCN2CCCCC2C(=O)O)c1. The van der Waals surface area contributed by atoms with Gasteiger partial charge in [0.15, 0.2) is 0 Å². The summed E-state index contributed by atoms with van der Waals surface area (Å²) in [4.78, 5) is 13.3. The van der Waals surface area contributed by atoms with Crippen molar-refractivity contribution in [3.63, 3.8) is 0 Å². The van der Waals surface area contributed by atoms with Crippen LogP contribution >= 0.6 is 0 Å². The van der Waals surface area contributed by atoms with Crippen molar-refractivity contribution in [2.24, 2.45) is 0 Å². The summed E-state index contributed by atoms with van der Waals surface area (Å²) in [6.45, 7) is 6.41. The quantitative estimate of drug-likeness (QED) is 0.819. The lowest BCUT2D eigenvalue weighted by Crippen LogP contribution is -2.45. The van der Waals surface area contributed by atoms with Crippen molar-refractivity contribution in [2.45, 2.75) is 45.6 Å². The Morgan fingerprint density at radius 2 is 2.19 bits per heavy atom. The summed E-state index contributed by atoms with van der Waals surface area (Å²) in [7, 11) is 0. The summed E-state index contributed by atoms with van der Waals surface area (Å²) in [5.74, 6) is 0.244. The topological polar surface area (TPSA) is 49.8 Å². The first kappa shape index (κ1) is 15.8. The summed E-state index contributed by atoms with van der Waals surface area (Å²) >= 11 is 0. The maximum Gasteiger partial charge on any atom is 0.320 e. The lowest BCUT2D eigenvalue weighted by atomic mass is 10.0. The normalized spacial score (nSPS) is 19.4. The van der Waals surface area contributed by atoms with E-state index in [0.717, 1.165) is 50.1 Å². The fraction of sp³-hybridized carbons (Fsp3) is 0.588. The van der Waals surface area contributed by atoms with Crippen LogP contribution in [0.3, 0.4) is 0 Å². The number of benzene rings is 1. The van der Waals surface area contributed by atoms with E-state index in [1.165, 1.54) is 5.56 Å². The molecular formula is C17H25NO3. The highest BCUT2D eigenvalue weighted by Gasteiger charge is 2.27. The number of hydrogen-bond acceptors (Lipinski definition) is 3. The van der Waals surface area contributed by atoms with E-state index >= 15 is 0 Å². The molecule has 1 unspecified atom stereocenters. The molecule has 1 aliphatic heterocycles. The molecule has 0 radical (unpaired) electrons. The average molecular weight is 291 g/mol. The highest BCUT2D eigenvalue weighted by Crippen LogP contribution is 2.20. The molecule has 1 N–H and O–H groups in total. The van der Waals surface area contributed by atoms with Crippen molar-refractivity contribution in [1.82, 2.24) is 4.90 Å². The second kappa shape index (κ2) is 7.46. The first-order valence-corrected chi connectivity index (χ1v) is 7.75. The molecule has 0 aliphatic carbocycles. The number of piperidine rings is 1. The molecule has 1 aromatic rings. The number of hydrogen-bond donors (Lipinski definition) is 1. The van der Waals surface area contributed by atoms with Crippen molar-refractivity contribution in [1.29, 1.82) is 0 Å². The maximum absolute atomic E-state index is 11.2. The van der Waals surface area contributed by atoms with E-state index in [4.69, 9.17) is 4.74 Å². The van der Waals surface area contributed by atoms with Crippen LogP contribution in [0.25, 0.3) is 0 Å². The molecule has 0 bridgehead atoms. The lowest BCUT2D eigenvalue weighted by molar-refractivity contribution is -0.144. The van der Waals surface area contributed by atoms with Gasteiger partial charge in [-0.2, -0.15) is 0 Å². The number of nitrogens with zero attached hydrogens (tertiary/aromatic N) is 1.